The standard InChI is InChI=1S/C14H15N3O2S/c1-10-15-4-2-12(16-10)13-8-17(5-6-19-13)14(18)11-3-7-20-9-11/h2-4,7,9,13H,5-6,8H2,1H3/t13-/m1/s1. The summed E-state index contributed by atoms with van der Waals surface area (Å²) in [5.41, 5.74) is 1.58. The number of rotatable bonds is 2. The van der Waals surface area contributed by atoms with E-state index in [1.165, 1.54) is 11.3 Å². The number of hydrogen-bond acceptors (Lipinski definition) is 5. The molecule has 3 rings (SSSR count). The van der Waals surface area contributed by atoms with E-state index in [9.17, 15) is 4.79 Å². The molecule has 1 saturated heterocycles. The number of aromatic nitrogens is 2. The lowest BCUT2D eigenvalue weighted by Gasteiger charge is -2.32. The van der Waals surface area contributed by atoms with Gasteiger partial charge in [-0.05, 0) is 24.4 Å². The summed E-state index contributed by atoms with van der Waals surface area (Å²) in [6.07, 6.45) is 1.55. The van der Waals surface area contributed by atoms with Gasteiger partial charge in [-0.3, -0.25) is 4.79 Å². The van der Waals surface area contributed by atoms with Crippen LogP contribution in [0.25, 0.3) is 0 Å². The maximum atomic E-state index is 12.3. The van der Waals surface area contributed by atoms with Crippen molar-refractivity contribution in [2.75, 3.05) is 19.7 Å². The van der Waals surface area contributed by atoms with E-state index >= 15 is 0 Å². The summed E-state index contributed by atoms with van der Waals surface area (Å²) in [4.78, 5) is 22.6. The first kappa shape index (κ1) is 13.2. The summed E-state index contributed by atoms with van der Waals surface area (Å²) >= 11 is 1.53. The minimum absolute atomic E-state index is 0.0605. The third kappa shape index (κ3) is 2.71. The molecule has 0 bridgehead atoms. The molecule has 6 heteroatoms. The van der Waals surface area contributed by atoms with Crippen LogP contribution in [0.3, 0.4) is 0 Å². The highest BCUT2D eigenvalue weighted by Gasteiger charge is 2.27. The topological polar surface area (TPSA) is 55.3 Å². The molecule has 104 valence electrons. The average Bonchev–Trinajstić information content (AvgIpc) is 3.01. The van der Waals surface area contributed by atoms with E-state index in [-0.39, 0.29) is 12.0 Å². The molecule has 0 spiro atoms. The van der Waals surface area contributed by atoms with Crippen LogP contribution in [0.4, 0.5) is 0 Å². The molecule has 2 aromatic heterocycles. The molecule has 2 aromatic rings. The van der Waals surface area contributed by atoms with Crippen molar-refractivity contribution >= 4 is 17.2 Å². The van der Waals surface area contributed by atoms with Crippen molar-refractivity contribution in [3.63, 3.8) is 0 Å². The van der Waals surface area contributed by atoms with E-state index in [0.717, 1.165) is 11.3 Å². The molecule has 1 atom stereocenters. The number of nitrogens with zero attached hydrogens (tertiary/aromatic N) is 3. The van der Waals surface area contributed by atoms with E-state index < -0.39 is 0 Å². The quantitative estimate of drug-likeness (QED) is 0.849. The zero-order valence-electron chi connectivity index (χ0n) is 11.2. The van der Waals surface area contributed by atoms with Crippen LogP contribution >= 0.6 is 11.3 Å². The second kappa shape index (κ2) is 5.68. The molecule has 3 heterocycles. The highest BCUT2D eigenvalue weighted by molar-refractivity contribution is 7.08. The van der Waals surface area contributed by atoms with E-state index in [1.54, 1.807) is 6.20 Å². The number of morpholine rings is 1. The first-order chi connectivity index (χ1) is 9.74. The van der Waals surface area contributed by atoms with E-state index in [1.807, 2.05) is 34.7 Å². The van der Waals surface area contributed by atoms with Gasteiger partial charge in [-0.25, -0.2) is 9.97 Å². The second-order valence-corrected chi connectivity index (χ2v) is 5.43. The number of amides is 1. The molecular weight excluding hydrogens is 274 g/mol. The van der Waals surface area contributed by atoms with Crippen molar-refractivity contribution < 1.29 is 9.53 Å². The van der Waals surface area contributed by atoms with Crippen LogP contribution in [0, 0.1) is 6.92 Å². The van der Waals surface area contributed by atoms with Gasteiger partial charge in [0.1, 0.15) is 11.9 Å². The van der Waals surface area contributed by atoms with Crippen molar-refractivity contribution in [1.82, 2.24) is 14.9 Å². The maximum Gasteiger partial charge on any atom is 0.254 e. The summed E-state index contributed by atoms with van der Waals surface area (Å²) < 4.78 is 5.74. The predicted molar refractivity (Wildman–Crippen MR) is 75.7 cm³/mol. The van der Waals surface area contributed by atoms with Crippen LogP contribution < -0.4 is 0 Å². The van der Waals surface area contributed by atoms with Crippen LogP contribution in [0.2, 0.25) is 0 Å². The third-order valence-corrected chi connectivity index (χ3v) is 3.93. The van der Waals surface area contributed by atoms with E-state index in [4.69, 9.17) is 4.74 Å². The molecule has 0 saturated carbocycles. The predicted octanol–water partition coefficient (Wildman–Crippen LogP) is 2.06. The Bertz CT molecular complexity index is 600. The summed E-state index contributed by atoms with van der Waals surface area (Å²) in [6.45, 7) is 3.53. The maximum absolute atomic E-state index is 12.3. The largest absolute Gasteiger partial charge is 0.368 e. The van der Waals surface area contributed by atoms with E-state index in [2.05, 4.69) is 9.97 Å². The number of ether oxygens (including phenoxy) is 1. The van der Waals surface area contributed by atoms with Gasteiger partial charge in [-0.1, -0.05) is 0 Å². The highest BCUT2D eigenvalue weighted by atomic mass is 32.1. The Morgan fingerprint density at radius 2 is 2.40 bits per heavy atom. The van der Waals surface area contributed by atoms with Gasteiger partial charge in [0.05, 0.1) is 24.4 Å². The molecule has 5 nitrogen and oxygen atoms in total. The molecule has 0 radical (unpaired) electrons. The molecule has 0 aliphatic carbocycles. The van der Waals surface area contributed by atoms with Crippen molar-refractivity contribution in [3.8, 4) is 0 Å². The molecule has 1 aliphatic rings. The van der Waals surface area contributed by atoms with E-state index in [0.29, 0.717) is 25.5 Å². The van der Waals surface area contributed by atoms with Crippen LogP contribution in [0.1, 0.15) is 28.0 Å². The molecule has 20 heavy (non-hydrogen) atoms. The van der Waals surface area contributed by atoms with Gasteiger partial charge in [0.2, 0.25) is 0 Å². The minimum atomic E-state index is -0.173. The highest BCUT2D eigenvalue weighted by Crippen LogP contribution is 2.22. The van der Waals surface area contributed by atoms with Gasteiger partial charge in [0.25, 0.3) is 5.91 Å². The molecule has 1 fully saturated rings. The van der Waals surface area contributed by atoms with Gasteiger partial charge in [-0.15, -0.1) is 0 Å². The lowest BCUT2D eigenvalue weighted by atomic mass is 10.2. The summed E-state index contributed by atoms with van der Waals surface area (Å²) in [5.74, 6) is 0.776. The smallest absolute Gasteiger partial charge is 0.254 e. The number of carbonyl (C=O) groups is 1. The van der Waals surface area contributed by atoms with Gasteiger partial charge < -0.3 is 9.64 Å². The van der Waals surface area contributed by atoms with Crippen LogP contribution in [-0.4, -0.2) is 40.5 Å². The summed E-state index contributed by atoms with van der Waals surface area (Å²) in [6, 6.07) is 3.70. The number of hydrogen-bond donors (Lipinski definition) is 0. The van der Waals surface area contributed by atoms with Crippen LogP contribution in [0.5, 0.6) is 0 Å². The normalized spacial score (nSPS) is 19.1. The first-order valence-corrected chi connectivity index (χ1v) is 7.41. The van der Waals surface area contributed by atoms with Crippen molar-refractivity contribution in [2.24, 2.45) is 0 Å². The Morgan fingerprint density at radius 1 is 1.50 bits per heavy atom. The Labute approximate surface area is 121 Å². The van der Waals surface area contributed by atoms with Crippen LogP contribution in [0.15, 0.2) is 29.1 Å². The van der Waals surface area contributed by atoms with Gasteiger partial charge in [-0.2, -0.15) is 11.3 Å². The van der Waals surface area contributed by atoms with Crippen molar-refractivity contribution in [2.45, 2.75) is 13.0 Å². The van der Waals surface area contributed by atoms with Gasteiger partial charge >= 0.3 is 0 Å². The number of aryl methyl sites for hydroxylation is 1. The zero-order chi connectivity index (χ0) is 13.9. The Kier molecular flexibility index (Phi) is 3.75. The number of thiophene rings is 1. The fourth-order valence-corrected chi connectivity index (χ4v) is 2.86. The summed E-state index contributed by atoms with van der Waals surface area (Å²) in [7, 11) is 0. The molecule has 0 aromatic carbocycles. The SMILES string of the molecule is Cc1nccc([C@H]2CN(C(=O)c3ccsc3)CCO2)n1. The second-order valence-electron chi connectivity index (χ2n) is 4.65. The minimum Gasteiger partial charge on any atom is -0.368 e. The molecule has 0 unspecified atom stereocenters. The third-order valence-electron chi connectivity index (χ3n) is 3.25. The van der Waals surface area contributed by atoms with Gasteiger partial charge in [0, 0.05) is 18.1 Å². The summed E-state index contributed by atoms with van der Waals surface area (Å²) in [5, 5.41) is 3.79. The van der Waals surface area contributed by atoms with Crippen molar-refractivity contribution in [1.29, 1.82) is 0 Å². The first-order valence-electron chi connectivity index (χ1n) is 6.46. The monoisotopic (exact) mass is 289 g/mol. The van der Waals surface area contributed by atoms with Crippen molar-refractivity contribution in [3.05, 3.63) is 46.2 Å². The zero-order valence-corrected chi connectivity index (χ0v) is 12.0. The fraction of sp³-hybridized carbons (Fsp3) is 0.357. The molecule has 1 aliphatic heterocycles. The molecule has 1 amide bonds. The van der Waals surface area contributed by atoms with Gasteiger partial charge in [0.15, 0.2) is 0 Å². The molecular formula is C14H15N3O2S. The van der Waals surface area contributed by atoms with Crippen LogP contribution in [-0.2, 0) is 4.74 Å². The lowest BCUT2D eigenvalue weighted by molar-refractivity contribution is -0.0248. The number of carbonyl (C=O) groups excluding carboxylic acids is 1. The average molecular weight is 289 g/mol. The fourth-order valence-electron chi connectivity index (χ4n) is 2.24. The Balaban J connectivity index is 1.75. The lowest BCUT2D eigenvalue weighted by Crippen LogP contribution is -2.42. The Hall–Kier alpha value is -1.79. The molecule has 0 N–H and O–H groups in total. The Morgan fingerprint density at radius 3 is 3.15 bits per heavy atom.